The number of hydrogen-bond acceptors (Lipinski definition) is 7. The monoisotopic (exact) mass is 626 g/mol. The van der Waals surface area contributed by atoms with Gasteiger partial charge in [0.05, 0.1) is 29.8 Å². The van der Waals surface area contributed by atoms with Gasteiger partial charge >= 0.3 is 12.2 Å². The number of hydrogen-bond donors (Lipinski definition) is 0. The number of rotatable bonds is 6. The number of nitrogens with zero attached hydrogens (tertiary/aromatic N) is 6. The first-order chi connectivity index (χ1) is 21.0. The number of amides is 1. The van der Waals surface area contributed by atoms with Crippen LogP contribution in [0.5, 0.6) is 6.01 Å². The highest BCUT2D eigenvalue weighted by molar-refractivity contribution is 6.32. The Morgan fingerprint density at radius 3 is 2.80 bits per heavy atom. The number of likely N-dealkylation sites (N-methyl/N-ethyl adjacent to an activating group) is 1. The van der Waals surface area contributed by atoms with Crippen LogP contribution in [0.3, 0.4) is 0 Å². The van der Waals surface area contributed by atoms with E-state index in [1.54, 1.807) is 17.0 Å². The lowest BCUT2D eigenvalue weighted by Gasteiger charge is -2.42. The first-order valence-electron chi connectivity index (χ1n) is 14.9. The van der Waals surface area contributed by atoms with E-state index in [1.807, 2.05) is 0 Å². The molecule has 2 aliphatic carbocycles. The van der Waals surface area contributed by atoms with Crippen molar-refractivity contribution in [2.24, 2.45) is 0 Å². The van der Waals surface area contributed by atoms with Gasteiger partial charge in [-0.25, -0.2) is 0 Å². The molecule has 4 aliphatic rings. The first kappa shape index (κ1) is 30.4. The van der Waals surface area contributed by atoms with E-state index in [0.29, 0.717) is 56.2 Å². The highest BCUT2D eigenvalue weighted by Gasteiger charge is 2.50. The molecule has 44 heavy (non-hydrogen) atoms. The first-order valence-corrected chi connectivity index (χ1v) is 15.3. The number of benzene rings is 1. The van der Waals surface area contributed by atoms with Gasteiger partial charge in [-0.3, -0.25) is 4.79 Å². The second-order valence-electron chi connectivity index (χ2n) is 12.1. The molecule has 1 spiro atoms. The maximum atomic E-state index is 14.3. The number of aromatic nitrogens is 2. The standard InChI is InChI=1S/C32H34ClF3N6O2/c1-3-27(43)42-15-14-41(18-20(42)10-12-37)29-22-9-11-31(16-24(32(34,35)36)28-23(31)7-4-8-25(28)33)17-26(22)38-30(39-29)44-19-21-6-5-13-40(21)2/h3-4,7-8,16,20-21H,1,5-6,9-11,13-15,17-19H2,2H3/t20-,21-,31?/m0/s1. The zero-order valence-corrected chi connectivity index (χ0v) is 25.3. The lowest BCUT2D eigenvalue weighted by molar-refractivity contribution is -0.128. The van der Waals surface area contributed by atoms with E-state index < -0.39 is 17.2 Å². The molecule has 3 atom stereocenters. The van der Waals surface area contributed by atoms with Gasteiger partial charge in [0.25, 0.3) is 0 Å². The summed E-state index contributed by atoms with van der Waals surface area (Å²) in [6.07, 6.45) is 1.36. The van der Waals surface area contributed by atoms with Crippen LogP contribution < -0.4 is 9.64 Å². The van der Waals surface area contributed by atoms with Gasteiger partial charge < -0.3 is 19.4 Å². The summed E-state index contributed by atoms with van der Waals surface area (Å²) in [6.45, 7) is 6.21. The molecule has 8 nitrogen and oxygen atoms in total. The largest absolute Gasteiger partial charge is 0.462 e. The second-order valence-corrected chi connectivity index (χ2v) is 12.5. The molecule has 12 heteroatoms. The summed E-state index contributed by atoms with van der Waals surface area (Å²) in [5.41, 5.74) is 0.469. The Balaban J connectivity index is 1.39. The summed E-state index contributed by atoms with van der Waals surface area (Å²) in [4.78, 5) is 28.1. The van der Waals surface area contributed by atoms with Crippen molar-refractivity contribution in [3.8, 4) is 12.1 Å². The van der Waals surface area contributed by atoms with Gasteiger partial charge in [-0.15, -0.1) is 0 Å². The van der Waals surface area contributed by atoms with E-state index in [-0.39, 0.29) is 47.4 Å². The van der Waals surface area contributed by atoms with Crippen molar-refractivity contribution in [3.05, 3.63) is 64.3 Å². The normalized spacial score (nSPS) is 25.0. The van der Waals surface area contributed by atoms with E-state index in [0.717, 1.165) is 24.9 Å². The number of carbonyl (C=O) groups excluding carboxylic acids is 1. The smallest absolute Gasteiger partial charge is 0.416 e. The minimum absolute atomic E-state index is 0.0440. The summed E-state index contributed by atoms with van der Waals surface area (Å²) in [5, 5.41) is 9.58. The fourth-order valence-electron chi connectivity index (χ4n) is 7.27. The van der Waals surface area contributed by atoms with E-state index in [9.17, 15) is 23.2 Å². The van der Waals surface area contributed by atoms with Gasteiger partial charge in [0.2, 0.25) is 5.91 Å². The second kappa shape index (κ2) is 11.7. The number of halogens is 4. The number of carbonyl (C=O) groups is 1. The van der Waals surface area contributed by atoms with Crippen LogP contribution in [0.1, 0.15) is 48.1 Å². The molecular formula is C32H34ClF3N6O2. The van der Waals surface area contributed by atoms with Crippen molar-refractivity contribution in [1.29, 1.82) is 5.26 Å². The highest BCUT2D eigenvalue weighted by atomic mass is 35.5. The predicted molar refractivity (Wildman–Crippen MR) is 161 cm³/mol. The van der Waals surface area contributed by atoms with E-state index in [2.05, 4.69) is 29.5 Å². The third-order valence-electron chi connectivity index (χ3n) is 9.54. The number of likely N-dealkylation sites (tertiary alicyclic amines) is 1. The van der Waals surface area contributed by atoms with Gasteiger partial charge in [0.15, 0.2) is 0 Å². The molecule has 0 saturated carbocycles. The van der Waals surface area contributed by atoms with Gasteiger partial charge in [-0.05, 0) is 57.0 Å². The van der Waals surface area contributed by atoms with Crippen LogP contribution in [0.25, 0.3) is 5.57 Å². The Kier molecular flexibility index (Phi) is 8.09. The van der Waals surface area contributed by atoms with Crippen LogP contribution in [0.2, 0.25) is 5.02 Å². The van der Waals surface area contributed by atoms with Crippen molar-refractivity contribution in [2.45, 2.75) is 62.2 Å². The lowest BCUT2D eigenvalue weighted by Crippen LogP contribution is -2.55. The zero-order chi connectivity index (χ0) is 31.2. The number of piperazine rings is 1. The zero-order valence-electron chi connectivity index (χ0n) is 24.5. The van der Waals surface area contributed by atoms with Crippen LogP contribution in [0, 0.1) is 11.3 Å². The SMILES string of the molecule is C=CC(=O)N1CCN(c2nc(OC[C@@H]3CCCN3C)nc3c2CCC2(C=C(C(F)(F)F)c4c(Cl)cccc42)C3)C[C@@H]1CC#N. The van der Waals surface area contributed by atoms with Crippen LogP contribution in [0.4, 0.5) is 19.0 Å². The Labute approximate surface area is 259 Å². The molecular weight excluding hydrogens is 593 g/mol. The molecule has 6 rings (SSSR count). The molecule has 2 aliphatic heterocycles. The molecule has 2 aromatic rings. The van der Waals surface area contributed by atoms with Crippen molar-refractivity contribution in [1.82, 2.24) is 19.8 Å². The third kappa shape index (κ3) is 5.43. The molecule has 0 N–H and O–H groups in total. The molecule has 232 valence electrons. The molecule has 0 radical (unpaired) electrons. The summed E-state index contributed by atoms with van der Waals surface area (Å²) >= 11 is 6.37. The Morgan fingerprint density at radius 2 is 2.09 bits per heavy atom. The molecule has 1 aromatic carbocycles. The van der Waals surface area contributed by atoms with Crippen molar-refractivity contribution in [2.75, 3.05) is 44.7 Å². The van der Waals surface area contributed by atoms with Crippen molar-refractivity contribution >= 4 is 28.9 Å². The molecule has 1 unspecified atom stereocenters. The summed E-state index contributed by atoms with van der Waals surface area (Å²) in [7, 11) is 2.05. The average molecular weight is 627 g/mol. The number of alkyl halides is 3. The van der Waals surface area contributed by atoms with Crippen LogP contribution >= 0.6 is 11.6 Å². The molecule has 2 fully saturated rings. The van der Waals surface area contributed by atoms with Gasteiger partial charge in [-0.1, -0.05) is 36.4 Å². The van der Waals surface area contributed by atoms with Crippen molar-refractivity contribution < 1.29 is 22.7 Å². The number of anilines is 1. The van der Waals surface area contributed by atoms with Gasteiger partial charge in [0, 0.05) is 53.7 Å². The number of fused-ring (bicyclic) bond motifs is 3. The maximum absolute atomic E-state index is 14.3. The maximum Gasteiger partial charge on any atom is 0.416 e. The summed E-state index contributed by atoms with van der Waals surface area (Å²) in [5.74, 6) is 0.421. The highest BCUT2D eigenvalue weighted by Crippen LogP contribution is 2.54. The number of allylic oxidation sites excluding steroid dienone is 2. The number of ether oxygens (including phenoxy) is 1. The van der Waals surface area contributed by atoms with E-state index >= 15 is 0 Å². The van der Waals surface area contributed by atoms with E-state index in [4.69, 9.17) is 26.3 Å². The third-order valence-corrected chi connectivity index (χ3v) is 9.86. The van der Waals surface area contributed by atoms with Crippen LogP contribution in [-0.2, 0) is 23.1 Å². The topological polar surface area (TPSA) is 85.6 Å². The van der Waals surface area contributed by atoms with Crippen LogP contribution in [0.15, 0.2) is 36.9 Å². The summed E-state index contributed by atoms with van der Waals surface area (Å²) < 4.78 is 49.0. The van der Waals surface area contributed by atoms with Gasteiger partial charge in [-0.2, -0.15) is 28.4 Å². The lowest BCUT2D eigenvalue weighted by atomic mass is 9.70. The molecule has 2 saturated heterocycles. The van der Waals surface area contributed by atoms with Crippen molar-refractivity contribution in [3.63, 3.8) is 0 Å². The average Bonchev–Trinajstić information content (AvgIpc) is 3.56. The Bertz CT molecular complexity index is 1560. The summed E-state index contributed by atoms with van der Waals surface area (Å²) in [6, 6.07) is 7.15. The Hall–Kier alpha value is -3.62. The fraction of sp³-hybridized carbons (Fsp3) is 0.500. The minimum Gasteiger partial charge on any atom is -0.462 e. The molecule has 3 heterocycles. The van der Waals surface area contributed by atoms with Crippen LogP contribution in [-0.4, -0.2) is 83.8 Å². The predicted octanol–water partition coefficient (Wildman–Crippen LogP) is 5.11. The quantitative estimate of drug-likeness (QED) is 0.412. The molecule has 0 bridgehead atoms. The molecule has 1 amide bonds. The number of nitriles is 1. The Morgan fingerprint density at radius 1 is 1.27 bits per heavy atom. The fourth-order valence-corrected chi connectivity index (χ4v) is 7.55. The molecule has 1 aromatic heterocycles. The van der Waals surface area contributed by atoms with E-state index in [1.165, 1.54) is 18.2 Å². The minimum atomic E-state index is -4.56. The van der Waals surface area contributed by atoms with Gasteiger partial charge in [0.1, 0.15) is 12.4 Å².